The molecule has 0 fully saturated rings. The smallest absolute Gasteiger partial charge is 0.340 e. The second-order valence-electron chi connectivity index (χ2n) is 5.02. The third kappa shape index (κ3) is 4.02. The number of aromatic nitrogens is 3. The Morgan fingerprint density at radius 3 is 2.91 bits per heavy atom. The zero-order valence-corrected chi connectivity index (χ0v) is 12.3. The van der Waals surface area contributed by atoms with Gasteiger partial charge in [0.1, 0.15) is 18.5 Å². The molecule has 0 saturated heterocycles. The third-order valence-corrected chi connectivity index (χ3v) is 3.29. The number of fused-ring (bicyclic) bond motifs is 1. The monoisotopic (exact) mass is 319 g/mol. The van der Waals surface area contributed by atoms with Crippen LogP contribution in [0.1, 0.15) is 12.2 Å². The second-order valence-corrected chi connectivity index (χ2v) is 5.02. The SMILES string of the molecule is O=C(NCC[C@@H]1COc2ccccc2O1)NCc1n[nH]c(=O)[nH]1. The Labute approximate surface area is 131 Å². The number of hydrogen-bond acceptors (Lipinski definition) is 5. The topological polar surface area (TPSA) is 121 Å². The van der Waals surface area contributed by atoms with Gasteiger partial charge in [-0.25, -0.2) is 14.7 Å². The Bertz CT molecular complexity index is 726. The maximum absolute atomic E-state index is 11.6. The van der Waals surface area contributed by atoms with E-state index in [9.17, 15) is 9.59 Å². The Kier molecular flexibility index (Phi) is 4.46. The number of carbonyl (C=O) groups is 1. The summed E-state index contributed by atoms with van der Waals surface area (Å²) in [4.78, 5) is 24.9. The fourth-order valence-corrected chi connectivity index (χ4v) is 2.17. The van der Waals surface area contributed by atoms with E-state index in [0.717, 1.165) is 11.5 Å². The Morgan fingerprint density at radius 2 is 2.13 bits per heavy atom. The molecule has 9 nitrogen and oxygen atoms in total. The highest BCUT2D eigenvalue weighted by Gasteiger charge is 2.20. The van der Waals surface area contributed by atoms with Gasteiger partial charge in [0.05, 0.1) is 6.54 Å². The van der Waals surface area contributed by atoms with Crippen LogP contribution in [-0.2, 0) is 6.54 Å². The van der Waals surface area contributed by atoms with Gasteiger partial charge in [0.2, 0.25) is 0 Å². The van der Waals surface area contributed by atoms with E-state index in [1.165, 1.54) is 0 Å². The molecule has 1 aromatic heterocycles. The molecule has 0 bridgehead atoms. The zero-order valence-electron chi connectivity index (χ0n) is 12.3. The largest absolute Gasteiger partial charge is 0.486 e. The van der Waals surface area contributed by atoms with Crippen LogP contribution in [0.4, 0.5) is 4.79 Å². The van der Waals surface area contributed by atoms with Gasteiger partial charge in [-0.1, -0.05) is 12.1 Å². The number of ether oxygens (including phenoxy) is 2. The number of nitrogens with one attached hydrogen (secondary N) is 4. The van der Waals surface area contributed by atoms with Gasteiger partial charge in [0.15, 0.2) is 11.5 Å². The summed E-state index contributed by atoms with van der Waals surface area (Å²) in [6.07, 6.45) is 0.522. The summed E-state index contributed by atoms with van der Waals surface area (Å²) >= 11 is 0. The minimum absolute atomic E-state index is 0.104. The van der Waals surface area contributed by atoms with Crippen molar-refractivity contribution in [1.82, 2.24) is 25.8 Å². The van der Waals surface area contributed by atoms with Gasteiger partial charge in [-0.05, 0) is 12.1 Å². The Morgan fingerprint density at radius 1 is 1.30 bits per heavy atom. The number of H-pyrrole nitrogens is 2. The van der Waals surface area contributed by atoms with E-state index < -0.39 is 5.69 Å². The maximum atomic E-state index is 11.6. The highest BCUT2D eigenvalue weighted by atomic mass is 16.6. The van der Waals surface area contributed by atoms with Crippen molar-refractivity contribution in [1.29, 1.82) is 0 Å². The minimum Gasteiger partial charge on any atom is -0.486 e. The lowest BCUT2D eigenvalue weighted by atomic mass is 10.2. The normalized spacial score (nSPS) is 15.9. The van der Waals surface area contributed by atoms with Gasteiger partial charge < -0.3 is 20.1 Å². The minimum atomic E-state index is -0.406. The fourth-order valence-electron chi connectivity index (χ4n) is 2.17. The van der Waals surface area contributed by atoms with Crippen LogP contribution in [0.2, 0.25) is 0 Å². The highest BCUT2D eigenvalue weighted by Crippen LogP contribution is 2.31. The van der Waals surface area contributed by atoms with E-state index in [4.69, 9.17) is 9.47 Å². The molecule has 0 spiro atoms. The molecule has 4 N–H and O–H groups in total. The average molecular weight is 319 g/mol. The first-order valence-electron chi connectivity index (χ1n) is 7.24. The molecule has 2 amide bonds. The number of hydrogen-bond donors (Lipinski definition) is 4. The molecular formula is C14H17N5O4. The molecule has 1 aliphatic heterocycles. The summed E-state index contributed by atoms with van der Waals surface area (Å²) in [7, 11) is 0. The van der Waals surface area contributed by atoms with Crippen LogP contribution < -0.4 is 25.8 Å². The number of urea groups is 1. The van der Waals surface area contributed by atoms with E-state index in [1.807, 2.05) is 24.3 Å². The second kappa shape index (κ2) is 6.86. The van der Waals surface area contributed by atoms with Crippen molar-refractivity contribution in [3.05, 3.63) is 40.6 Å². The third-order valence-electron chi connectivity index (χ3n) is 3.29. The molecule has 23 heavy (non-hydrogen) atoms. The lowest BCUT2D eigenvalue weighted by molar-refractivity contribution is 0.0853. The number of amides is 2. The van der Waals surface area contributed by atoms with Crippen molar-refractivity contribution in [2.24, 2.45) is 0 Å². The molecule has 9 heteroatoms. The van der Waals surface area contributed by atoms with Crippen LogP contribution in [0.5, 0.6) is 11.5 Å². The first kappa shape index (κ1) is 14.9. The predicted octanol–water partition coefficient (Wildman–Crippen LogP) is 0.127. The van der Waals surface area contributed by atoms with Gasteiger partial charge >= 0.3 is 11.7 Å². The predicted molar refractivity (Wildman–Crippen MR) is 80.4 cm³/mol. The molecule has 1 aliphatic rings. The molecule has 1 atom stereocenters. The van der Waals surface area contributed by atoms with Gasteiger partial charge in [-0.3, -0.25) is 4.98 Å². The maximum Gasteiger partial charge on any atom is 0.340 e. The van der Waals surface area contributed by atoms with Crippen LogP contribution in [0.15, 0.2) is 29.1 Å². The van der Waals surface area contributed by atoms with Crippen molar-refractivity contribution in [3.8, 4) is 11.5 Å². The molecule has 0 saturated carbocycles. The molecule has 1 aromatic carbocycles. The first-order chi connectivity index (χ1) is 11.2. The highest BCUT2D eigenvalue weighted by molar-refractivity contribution is 5.73. The number of carbonyl (C=O) groups excluding carboxylic acids is 1. The number of nitrogens with zero attached hydrogens (tertiary/aromatic N) is 1. The summed E-state index contributed by atoms with van der Waals surface area (Å²) in [6, 6.07) is 7.14. The van der Waals surface area contributed by atoms with Crippen molar-refractivity contribution >= 4 is 6.03 Å². The molecule has 2 aromatic rings. The van der Waals surface area contributed by atoms with E-state index in [0.29, 0.717) is 25.4 Å². The lowest BCUT2D eigenvalue weighted by Crippen LogP contribution is -2.39. The van der Waals surface area contributed by atoms with Gasteiger partial charge in [0.25, 0.3) is 0 Å². The van der Waals surface area contributed by atoms with Gasteiger partial charge in [0, 0.05) is 13.0 Å². The molecule has 3 rings (SSSR count). The van der Waals surface area contributed by atoms with Crippen LogP contribution in [0, 0.1) is 0 Å². The van der Waals surface area contributed by atoms with Crippen molar-refractivity contribution in [3.63, 3.8) is 0 Å². The summed E-state index contributed by atoms with van der Waals surface area (Å²) in [5.74, 6) is 1.82. The number of para-hydroxylation sites is 2. The fraction of sp³-hybridized carbons (Fsp3) is 0.357. The standard InChI is InChI=1S/C14H17N5O4/c20-13(16-7-12-17-14(21)19-18-12)15-6-5-9-8-22-10-3-1-2-4-11(10)23-9/h1-4,9H,5-8H2,(H2,15,16,20)(H2,17,18,19,21)/t9-/m1/s1. The van der Waals surface area contributed by atoms with E-state index >= 15 is 0 Å². The summed E-state index contributed by atoms with van der Waals surface area (Å²) < 4.78 is 11.4. The first-order valence-corrected chi connectivity index (χ1v) is 7.24. The number of benzene rings is 1. The van der Waals surface area contributed by atoms with Crippen molar-refractivity contribution < 1.29 is 14.3 Å². The van der Waals surface area contributed by atoms with Crippen molar-refractivity contribution in [2.45, 2.75) is 19.1 Å². The van der Waals surface area contributed by atoms with E-state index in [-0.39, 0.29) is 18.7 Å². The van der Waals surface area contributed by atoms with E-state index in [2.05, 4.69) is 25.8 Å². The molecule has 0 unspecified atom stereocenters. The van der Waals surface area contributed by atoms with Crippen LogP contribution >= 0.6 is 0 Å². The molecule has 0 aliphatic carbocycles. The number of rotatable bonds is 5. The average Bonchev–Trinajstić information content (AvgIpc) is 2.98. The summed E-state index contributed by atoms with van der Waals surface area (Å²) in [5.41, 5.74) is -0.406. The molecule has 2 heterocycles. The van der Waals surface area contributed by atoms with Crippen LogP contribution in [0.25, 0.3) is 0 Å². The van der Waals surface area contributed by atoms with Crippen LogP contribution in [-0.4, -0.2) is 40.5 Å². The molecule has 0 radical (unpaired) electrons. The van der Waals surface area contributed by atoms with Gasteiger partial charge in [-0.2, -0.15) is 5.10 Å². The molecular weight excluding hydrogens is 302 g/mol. The van der Waals surface area contributed by atoms with Crippen LogP contribution in [0.3, 0.4) is 0 Å². The summed E-state index contributed by atoms with van der Waals surface area (Å²) in [6.45, 7) is 1.04. The van der Waals surface area contributed by atoms with Crippen molar-refractivity contribution in [2.75, 3.05) is 13.2 Å². The Hall–Kier alpha value is -2.97. The number of aromatic amines is 2. The van der Waals surface area contributed by atoms with E-state index in [1.54, 1.807) is 0 Å². The quantitative estimate of drug-likeness (QED) is 0.624. The van der Waals surface area contributed by atoms with Gasteiger partial charge in [-0.15, -0.1) is 0 Å². The Balaban J connectivity index is 1.36. The zero-order chi connectivity index (χ0) is 16.1. The molecule has 122 valence electrons. The summed E-state index contributed by atoms with van der Waals surface area (Å²) in [5, 5.41) is 11.2. The lowest BCUT2D eigenvalue weighted by Gasteiger charge is -2.26.